The minimum absolute atomic E-state index is 0.328. The van der Waals surface area contributed by atoms with E-state index < -0.39 is 0 Å². The van der Waals surface area contributed by atoms with E-state index in [1.807, 2.05) is 0 Å². The highest BCUT2D eigenvalue weighted by Gasteiger charge is 2.14. The van der Waals surface area contributed by atoms with Gasteiger partial charge in [0, 0.05) is 12.5 Å². The number of nitrogens with one attached hydrogen (secondary N) is 1. The Hall–Kier alpha value is -1.39. The van der Waals surface area contributed by atoms with Gasteiger partial charge >= 0.3 is 0 Å². The van der Waals surface area contributed by atoms with Gasteiger partial charge in [-0.2, -0.15) is 15.0 Å². The Morgan fingerprint density at radius 1 is 1.17 bits per heavy atom. The fourth-order valence-electron chi connectivity index (χ4n) is 2.38. The highest BCUT2D eigenvalue weighted by Crippen LogP contribution is 2.20. The van der Waals surface area contributed by atoms with Gasteiger partial charge in [-0.25, -0.2) is 0 Å². The second-order valence-electron chi connectivity index (χ2n) is 5.02. The summed E-state index contributed by atoms with van der Waals surface area (Å²) >= 11 is 0. The Labute approximate surface area is 109 Å². The molecule has 0 aromatic carbocycles. The van der Waals surface area contributed by atoms with Gasteiger partial charge in [-0.3, -0.25) is 0 Å². The van der Waals surface area contributed by atoms with Crippen molar-refractivity contribution in [3.63, 3.8) is 0 Å². The van der Waals surface area contributed by atoms with E-state index in [-0.39, 0.29) is 0 Å². The Morgan fingerprint density at radius 2 is 1.94 bits per heavy atom. The molecular weight excluding hydrogens is 226 g/mol. The number of anilines is 2. The minimum Gasteiger partial charge on any atom is -0.368 e. The lowest BCUT2D eigenvalue weighted by Crippen LogP contribution is -2.24. The third-order valence-electron chi connectivity index (χ3n) is 3.39. The maximum absolute atomic E-state index is 5.73. The summed E-state index contributed by atoms with van der Waals surface area (Å²) in [4.78, 5) is 12.8. The summed E-state index contributed by atoms with van der Waals surface area (Å²) in [5.41, 5.74) is 5.73. The van der Waals surface area contributed by atoms with E-state index in [0.29, 0.717) is 17.9 Å². The Bertz CT molecular complexity index is 374. The average molecular weight is 249 g/mol. The first-order valence-electron chi connectivity index (χ1n) is 7.05. The highest BCUT2D eigenvalue weighted by molar-refractivity contribution is 5.32. The number of aryl methyl sites for hydroxylation is 1. The van der Waals surface area contributed by atoms with Gasteiger partial charge in [0.2, 0.25) is 11.9 Å². The third-order valence-corrected chi connectivity index (χ3v) is 3.39. The summed E-state index contributed by atoms with van der Waals surface area (Å²) < 4.78 is 0. The number of hydrogen-bond acceptors (Lipinski definition) is 5. The van der Waals surface area contributed by atoms with Crippen molar-refractivity contribution in [2.24, 2.45) is 0 Å². The normalized spacial score (nSPS) is 16.7. The lowest BCUT2D eigenvalue weighted by Gasteiger charge is -2.22. The summed E-state index contributed by atoms with van der Waals surface area (Å²) in [6.07, 6.45) is 9.44. The molecule has 18 heavy (non-hydrogen) atoms. The molecule has 1 aromatic rings. The fraction of sp³-hybridized carbons (Fsp3) is 0.769. The highest BCUT2D eigenvalue weighted by atomic mass is 15.2. The van der Waals surface area contributed by atoms with Gasteiger partial charge in [0.25, 0.3) is 0 Å². The molecule has 0 atom stereocenters. The van der Waals surface area contributed by atoms with Gasteiger partial charge < -0.3 is 11.1 Å². The van der Waals surface area contributed by atoms with Crippen LogP contribution in [0.1, 0.15) is 57.7 Å². The predicted octanol–water partition coefficient (Wildman–Crippen LogP) is 2.54. The largest absolute Gasteiger partial charge is 0.368 e. The molecule has 3 N–H and O–H groups in total. The quantitative estimate of drug-likeness (QED) is 0.838. The maximum atomic E-state index is 5.73. The van der Waals surface area contributed by atoms with E-state index >= 15 is 0 Å². The second-order valence-corrected chi connectivity index (χ2v) is 5.02. The molecule has 1 aliphatic carbocycles. The Kier molecular flexibility index (Phi) is 4.73. The van der Waals surface area contributed by atoms with Crippen LogP contribution in [0.15, 0.2) is 0 Å². The number of rotatable bonds is 5. The molecule has 5 nitrogen and oxygen atoms in total. The zero-order chi connectivity index (χ0) is 12.8. The molecule has 0 spiro atoms. The van der Waals surface area contributed by atoms with Crippen LogP contribution in [-0.2, 0) is 6.42 Å². The van der Waals surface area contributed by atoms with Crippen molar-refractivity contribution in [1.82, 2.24) is 15.0 Å². The minimum atomic E-state index is 0.328. The summed E-state index contributed by atoms with van der Waals surface area (Å²) in [6.45, 7) is 2.16. The molecule has 1 fully saturated rings. The molecule has 1 aliphatic rings. The molecule has 0 saturated heterocycles. The standard InChI is InChI=1S/C13H23N5/c1-2-3-9-11-16-12(14)18-13(17-11)15-10-7-5-4-6-8-10/h10H,2-9H2,1H3,(H3,14,15,16,17,18). The number of hydrogen-bond donors (Lipinski definition) is 2. The lowest BCUT2D eigenvalue weighted by atomic mass is 9.96. The van der Waals surface area contributed by atoms with Crippen molar-refractivity contribution in [2.75, 3.05) is 11.1 Å². The van der Waals surface area contributed by atoms with Crippen molar-refractivity contribution in [3.05, 3.63) is 5.82 Å². The molecule has 1 aromatic heterocycles. The summed E-state index contributed by atoms with van der Waals surface area (Å²) in [7, 11) is 0. The zero-order valence-corrected chi connectivity index (χ0v) is 11.2. The molecule has 1 saturated carbocycles. The summed E-state index contributed by atoms with van der Waals surface area (Å²) in [6, 6.07) is 0.500. The van der Waals surface area contributed by atoms with Crippen molar-refractivity contribution in [2.45, 2.75) is 64.3 Å². The van der Waals surface area contributed by atoms with Crippen LogP contribution >= 0.6 is 0 Å². The van der Waals surface area contributed by atoms with Gasteiger partial charge in [-0.15, -0.1) is 0 Å². The van der Waals surface area contributed by atoms with E-state index in [4.69, 9.17) is 5.73 Å². The van der Waals surface area contributed by atoms with Crippen molar-refractivity contribution >= 4 is 11.9 Å². The second kappa shape index (κ2) is 6.52. The van der Waals surface area contributed by atoms with E-state index in [1.165, 1.54) is 32.1 Å². The van der Waals surface area contributed by atoms with Gasteiger partial charge in [0.15, 0.2) is 0 Å². The summed E-state index contributed by atoms with van der Waals surface area (Å²) in [5, 5.41) is 3.40. The monoisotopic (exact) mass is 249 g/mol. The number of aromatic nitrogens is 3. The van der Waals surface area contributed by atoms with Gasteiger partial charge in [0.1, 0.15) is 5.82 Å². The van der Waals surface area contributed by atoms with Crippen molar-refractivity contribution < 1.29 is 0 Å². The summed E-state index contributed by atoms with van der Waals surface area (Å²) in [5.74, 6) is 1.79. The predicted molar refractivity (Wildman–Crippen MR) is 73.3 cm³/mol. The number of nitrogen functional groups attached to an aromatic ring is 1. The molecule has 0 unspecified atom stereocenters. The number of nitrogens with two attached hydrogens (primary N) is 1. The third kappa shape index (κ3) is 3.82. The first-order valence-corrected chi connectivity index (χ1v) is 7.05. The van der Waals surface area contributed by atoms with Gasteiger partial charge in [-0.05, 0) is 19.3 Å². The topological polar surface area (TPSA) is 76.7 Å². The van der Waals surface area contributed by atoms with Crippen LogP contribution in [-0.4, -0.2) is 21.0 Å². The van der Waals surface area contributed by atoms with E-state index in [0.717, 1.165) is 25.1 Å². The molecule has 0 radical (unpaired) electrons. The van der Waals surface area contributed by atoms with Crippen LogP contribution in [0, 0.1) is 0 Å². The first-order chi connectivity index (χ1) is 8.78. The van der Waals surface area contributed by atoms with Gasteiger partial charge in [-0.1, -0.05) is 32.6 Å². The fourth-order valence-corrected chi connectivity index (χ4v) is 2.38. The van der Waals surface area contributed by atoms with E-state index in [2.05, 4.69) is 27.2 Å². The molecule has 100 valence electrons. The molecule has 1 heterocycles. The zero-order valence-electron chi connectivity index (χ0n) is 11.2. The van der Waals surface area contributed by atoms with Crippen molar-refractivity contribution in [1.29, 1.82) is 0 Å². The molecule has 2 rings (SSSR count). The first kappa shape index (κ1) is 13.1. The van der Waals surface area contributed by atoms with Crippen LogP contribution in [0.2, 0.25) is 0 Å². The molecule has 0 aliphatic heterocycles. The number of nitrogens with zero attached hydrogens (tertiary/aromatic N) is 3. The van der Waals surface area contributed by atoms with Crippen LogP contribution in [0.3, 0.4) is 0 Å². The molecular formula is C13H23N5. The van der Waals surface area contributed by atoms with E-state index in [1.54, 1.807) is 0 Å². The van der Waals surface area contributed by atoms with Crippen LogP contribution in [0.4, 0.5) is 11.9 Å². The van der Waals surface area contributed by atoms with E-state index in [9.17, 15) is 0 Å². The Morgan fingerprint density at radius 3 is 2.67 bits per heavy atom. The average Bonchev–Trinajstić information content (AvgIpc) is 2.37. The number of unbranched alkanes of at least 4 members (excludes halogenated alkanes) is 1. The van der Waals surface area contributed by atoms with Crippen LogP contribution in [0.5, 0.6) is 0 Å². The molecule has 5 heteroatoms. The van der Waals surface area contributed by atoms with Crippen molar-refractivity contribution in [3.8, 4) is 0 Å². The smallest absolute Gasteiger partial charge is 0.227 e. The lowest BCUT2D eigenvalue weighted by molar-refractivity contribution is 0.460. The molecule has 0 bridgehead atoms. The van der Waals surface area contributed by atoms with Gasteiger partial charge in [0.05, 0.1) is 0 Å². The maximum Gasteiger partial charge on any atom is 0.227 e. The van der Waals surface area contributed by atoms with Crippen LogP contribution < -0.4 is 11.1 Å². The Balaban J connectivity index is 1.99. The SMILES string of the molecule is CCCCc1nc(N)nc(NC2CCCCC2)n1. The van der Waals surface area contributed by atoms with Crippen LogP contribution in [0.25, 0.3) is 0 Å². The molecule has 0 amide bonds.